The van der Waals surface area contributed by atoms with Gasteiger partial charge >= 0.3 is 0 Å². The number of ketones is 1. The summed E-state index contributed by atoms with van der Waals surface area (Å²) in [5, 5.41) is 0. The van der Waals surface area contributed by atoms with Gasteiger partial charge in [-0.3, -0.25) is 4.79 Å². The molecule has 0 radical (unpaired) electrons. The third-order valence-electron chi connectivity index (χ3n) is 4.15. The Morgan fingerprint density at radius 1 is 1.41 bits per heavy atom. The molecule has 0 N–H and O–H groups in total. The van der Waals surface area contributed by atoms with Crippen molar-refractivity contribution in [2.45, 2.75) is 25.7 Å². The second kappa shape index (κ2) is 4.26. The topological polar surface area (TPSA) is 26.3 Å². The van der Waals surface area contributed by atoms with Gasteiger partial charge in [0.2, 0.25) is 0 Å². The molecule has 1 aromatic rings. The number of ether oxygens (including phenoxy) is 1. The van der Waals surface area contributed by atoms with Crippen LogP contribution >= 0.6 is 0 Å². The zero-order valence-corrected chi connectivity index (χ0v) is 10.2. The Morgan fingerprint density at radius 3 is 3.06 bits per heavy atom. The molecule has 0 aromatic heterocycles. The van der Waals surface area contributed by atoms with Gasteiger partial charge in [-0.25, -0.2) is 0 Å². The summed E-state index contributed by atoms with van der Waals surface area (Å²) in [5.74, 6) is 1.63. The molecule has 3 atom stereocenters. The summed E-state index contributed by atoms with van der Waals surface area (Å²) < 4.78 is 5.24. The van der Waals surface area contributed by atoms with Crippen LogP contribution in [0.1, 0.15) is 30.4 Å². The van der Waals surface area contributed by atoms with Crippen LogP contribution in [0.5, 0.6) is 0 Å². The van der Waals surface area contributed by atoms with Crippen molar-refractivity contribution in [3.63, 3.8) is 0 Å². The maximum Gasteiger partial charge on any atom is 0.162 e. The number of carbonyl (C=O) groups is 1. The molecule has 2 nitrogen and oxygen atoms in total. The van der Waals surface area contributed by atoms with E-state index in [9.17, 15) is 4.79 Å². The van der Waals surface area contributed by atoms with Crippen LogP contribution in [0.25, 0.3) is 0 Å². The standard InChI is InChI=1S/C15H18O2/c1-2-17-9-13(16)15-12-8-7-10-5-3-4-6-11(10)14(12)15/h3-6,12,14-15H,2,7-9H2,1H3. The van der Waals surface area contributed by atoms with Gasteiger partial charge in [0.1, 0.15) is 6.61 Å². The van der Waals surface area contributed by atoms with Crippen molar-refractivity contribution in [2.24, 2.45) is 11.8 Å². The van der Waals surface area contributed by atoms with Gasteiger partial charge in [0.05, 0.1) is 0 Å². The van der Waals surface area contributed by atoms with E-state index in [-0.39, 0.29) is 5.92 Å². The number of hydrogen-bond acceptors (Lipinski definition) is 2. The molecule has 0 aliphatic heterocycles. The summed E-state index contributed by atoms with van der Waals surface area (Å²) in [6, 6.07) is 8.58. The highest BCUT2D eigenvalue weighted by Gasteiger charge is 2.56. The molecule has 90 valence electrons. The lowest BCUT2D eigenvalue weighted by Gasteiger charge is -2.13. The van der Waals surface area contributed by atoms with Crippen LogP contribution in [0.4, 0.5) is 0 Å². The molecule has 17 heavy (non-hydrogen) atoms. The first-order valence-corrected chi connectivity index (χ1v) is 6.51. The normalized spacial score (nSPS) is 29.4. The van der Waals surface area contributed by atoms with E-state index in [1.54, 1.807) is 0 Å². The number of fused-ring (bicyclic) bond motifs is 3. The average Bonchev–Trinajstić information content (AvgIpc) is 3.11. The molecule has 3 rings (SSSR count). The molecule has 1 saturated carbocycles. The summed E-state index contributed by atoms with van der Waals surface area (Å²) in [6.07, 6.45) is 2.31. The monoisotopic (exact) mass is 230 g/mol. The van der Waals surface area contributed by atoms with E-state index in [4.69, 9.17) is 4.74 Å². The maximum atomic E-state index is 12.0. The molecule has 0 amide bonds. The zero-order valence-electron chi connectivity index (χ0n) is 10.2. The van der Waals surface area contributed by atoms with Gasteiger partial charge in [0.15, 0.2) is 5.78 Å². The Kier molecular flexibility index (Phi) is 2.75. The van der Waals surface area contributed by atoms with Crippen molar-refractivity contribution in [2.75, 3.05) is 13.2 Å². The van der Waals surface area contributed by atoms with Crippen molar-refractivity contribution in [1.29, 1.82) is 0 Å². The van der Waals surface area contributed by atoms with E-state index < -0.39 is 0 Å². The predicted molar refractivity (Wildman–Crippen MR) is 66.0 cm³/mol. The van der Waals surface area contributed by atoms with Crippen LogP contribution in [0.3, 0.4) is 0 Å². The van der Waals surface area contributed by atoms with Crippen molar-refractivity contribution in [1.82, 2.24) is 0 Å². The quantitative estimate of drug-likeness (QED) is 0.794. The fraction of sp³-hybridized carbons (Fsp3) is 0.533. The van der Waals surface area contributed by atoms with Gasteiger partial charge in [0.25, 0.3) is 0 Å². The summed E-state index contributed by atoms with van der Waals surface area (Å²) in [6.45, 7) is 2.86. The fourth-order valence-electron chi connectivity index (χ4n) is 3.30. The highest BCUT2D eigenvalue weighted by Crippen LogP contribution is 2.60. The smallest absolute Gasteiger partial charge is 0.162 e. The Hall–Kier alpha value is -1.15. The summed E-state index contributed by atoms with van der Waals surface area (Å²) >= 11 is 0. The molecular formula is C15H18O2. The van der Waals surface area contributed by atoms with Gasteiger partial charge in [-0.2, -0.15) is 0 Å². The Balaban J connectivity index is 1.76. The summed E-state index contributed by atoms with van der Waals surface area (Å²) in [4.78, 5) is 12.0. The van der Waals surface area contributed by atoms with Crippen molar-refractivity contribution in [3.8, 4) is 0 Å². The highest BCUT2D eigenvalue weighted by atomic mass is 16.5. The maximum absolute atomic E-state index is 12.0. The number of benzene rings is 1. The highest BCUT2D eigenvalue weighted by molar-refractivity contribution is 5.87. The molecule has 0 bridgehead atoms. The Bertz CT molecular complexity index is 438. The van der Waals surface area contributed by atoms with E-state index in [0.717, 1.165) is 6.42 Å². The average molecular weight is 230 g/mol. The molecule has 0 heterocycles. The van der Waals surface area contributed by atoms with E-state index >= 15 is 0 Å². The number of rotatable bonds is 4. The second-order valence-electron chi connectivity index (χ2n) is 5.06. The van der Waals surface area contributed by atoms with Crippen molar-refractivity contribution < 1.29 is 9.53 Å². The van der Waals surface area contributed by atoms with Gasteiger partial charge in [-0.15, -0.1) is 0 Å². The lowest BCUT2D eigenvalue weighted by atomic mass is 9.92. The second-order valence-corrected chi connectivity index (χ2v) is 5.06. The molecule has 3 unspecified atom stereocenters. The summed E-state index contributed by atoms with van der Waals surface area (Å²) in [7, 11) is 0. The third-order valence-corrected chi connectivity index (χ3v) is 4.15. The summed E-state index contributed by atoms with van der Waals surface area (Å²) in [5.41, 5.74) is 2.86. The molecule has 2 aliphatic rings. The molecule has 1 aromatic carbocycles. The van der Waals surface area contributed by atoms with Crippen LogP contribution in [0, 0.1) is 11.8 Å². The SMILES string of the molecule is CCOCC(=O)C1C2CCc3ccccc3C21. The van der Waals surface area contributed by atoms with E-state index in [2.05, 4.69) is 24.3 Å². The number of hydrogen-bond donors (Lipinski definition) is 0. The molecule has 0 saturated heterocycles. The van der Waals surface area contributed by atoms with Gasteiger partial charge in [-0.1, -0.05) is 24.3 Å². The molecule has 2 heteroatoms. The largest absolute Gasteiger partial charge is 0.374 e. The van der Waals surface area contributed by atoms with Crippen LogP contribution in [0.2, 0.25) is 0 Å². The zero-order chi connectivity index (χ0) is 11.8. The Labute approximate surface area is 102 Å². The third kappa shape index (κ3) is 1.81. The van der Waals surface area contributed by atoms with Crippen LogP contribution in [0.15, 0.2) is 24.3 Å². The molecular weight excluding hydrogens is 212 g/mol. The molecule has 1 fully saturated rings. The predicted octanol–water partition coefficient (Wildman–Crippen LogP) is 2.57. The minimum absolute atomic E-state index is 0.241. The first kappa shape index (κ1) is 11.0. The first-order chi connectivity index (χ1) is 8.33. The number of Topliss-reactive ketones (excluding diaryl/α,β-unsaturated/α-hetero) is 1. The minimum atomic E-state index is 0.241. The number of carbonyl (C=O) groups excluding carboxylic acids is 1. The van der Waals surface area contributed by atoms with E-state index in [1.165, 1.54) is 17.5 Å². The lowest BCUT2D eigenvalue weighted by molar-refractivity contribution is -0.125. The van der Waals surface area contributed by atoms with Crippen LogP contribution in [-0.2, 0) is 16.0 Å². The number of aryl methyl sites for hydroxylation is 1. The lowest BCUT2D eigenvalue weighted by Crippen LogP contribution is -2.12. The van der Waals surface area contributed by atoms with Gasteiger partial charge in [-0.05, 0) is 42.7 Å². The van der Waals surface area contributed by atoms with Gasteiger partial charge < -0.3 is 4.74 Å². The van der Waals surface area contributed by atoms with Crippen molar-refractivity contribution in [3.05, 3.63) is 35.4 Å². The van der Waals surface area contributed by atoms with E-state index in [1.807, 2.05) is 6.92 Å². The van der Waals surface area contributed by atoms with Crippen LogP contribution < -0.4 is 0 Å². The minimum Gasteiger partial charge on any atom is -0.374 e. The Morgan fingerprint density at radius 2 is 2.24 bits per heavy atom. The van der Waals surface area contributed by atoms with Gasteiger partial charge in [0, 0.05) is 12.5 Å². The molecule has 0 spiro atoms. The first-order valence-electron chi connectivity index (χ1n) is 6.51. The molecule has 2 aliphatic carbocycles. The van der Waals surface area contributed by atoms with Crippen molar-refractivity contribution >= 4 is 5.78 Å². The van der Waals surface area contributed by atoms with E-state index in [0.29, 0.717) is 30.8 Å². The van der Waals surface area contributed by atoms with Crippen LogP contribution in [-0.4, -0.2) is 19.0 Å². The fourth-order valence-corrected chi connectivity index (χ4v) is 3.30.